The Kier molecular flexibility index (Phi) is 3.83. The van der Waals surface area contributed by atoms with Crippen LogP contribution in [0.3, 0.4) is 0 Å². The molecule has 3 heterocycles. The molecule has 0 unspecified atom stereocenters. The van der Waals surface area contributed by atoms with E-state index in [1.807, 2.05) is 26.0 Å². The van der Waals surface area contributed by atoms with Crippen molar-refractivity contribution >= 4 is 27.9 Å². The molecule has 6 nitrogen and oxygen atoms in total. The van der Waals surface area contributed by atoms with E-state index >= 15 is 0 Å². The summed E-state index contributed by atoms with van der Waals surface area (Å²) < 4.78 is 1.79. The summed E-state index contributed by atoms with van der Waals surface area (Å²) in [5.41, 5.74) is 9.09. The molecule has 0 aliphatic carbocycles. The van der Waals surface area contributed by atoms with E-state index in [2.05, 4.69) is 21.9 Å². The molecule has 0 aliphatic rings. The summed E-state index contributed by atoms with van der Waals surface area (Å²) in [7, 11) is 0. The molecule has 22 heavy (non-hydrogen) atoms. The van der Waals surface area contributed by atoms with E-state index in [-0.39, 0.29) is 6.10 Å². The summed E-state index contributed by atoms with van der Waals surface area (Å²) in [4.78, 5) is 19.5. The van der Waals surface area contributed by atoms with Gasteiger partial charge in [-0.3, -0.25) is 4.98 Å². The number of nitrogens with zero attached hydrogens (tertiary/aromatic N) is 4. The Labute approximate surface area is 129 Å². The number of aryl methyl sites for hydroxylation is 1. The molecule has 3 aromatic heterocycles. The van der Waals surface area contributed by atoms with Crippen molar-refractivity contribution in [1.29, 1.82) is 0 Å². The predicted octanol–water partition coefficient (Wildman–Crippen LogP) is 2.74. The first kappa shape index (κ1) is 14.6. The number of hydrogen-bond donors (Lipinski definition) is 1. The van der Waals surface area contributed by atoms with Crippen LogP contribution in [0.5, 0.6) is 0 Å². The van der Waals surface area contributed by atoms with Crippen molar-refractivity contribution in [2.24, 2.45) is 0 Å². The molecule has 0 aliphatic heterocycles. The van der Waals surface area contributed by atoms with Crippen LogP contribution < -0.4 is 10.6 Å². The molecule has 0 saturated carbocycles. The summed E-state index contributed by atoms with van der Waals surface area (Å²) >= 11 is 0. The minimum absolute atomic E-state index is 0.0333. The van der Waals surface area contributed by atoms with Crippen molar-refractivity contribution in [1.82, 2.24) is 19.7 Å². The quantitative estimate of drug-likeness (QED) is 0.783. The molecule has 0 atom stereocenters. The van der Waals surface area contributed by atoms with Gasteiger partial charge in [-0.25, -0.2) is 9.97 Å². The van der Waals surface area contributed by atoms with Crippen LogP contribution in [-0.2, 0) is 6.42 Å². The highest BCUT2D eigenvalue weighted by molar-refractivity contribution is 6.04. The molecule has 3 aromatic rings. The van der Waals surface area contributed by atoms with Crippen LogP contribution in [0.1, 0.15) is 39.4 Å². The van der Waals surface area contributed by atoms with Gasteiger partial charge in [-0.1, -0.05) is 13.3 Å². The molecular formula is C16H21N5O. The zero-order valence-electron chi connectivity index (χ0n) is 13.2. The van der Waals surface area contributed by atoms with Crippen LogP contribution in [0, 0.1) is 0 Å². The molecule has 0 radical (unpaired) electrons. The van der Waals surface area contributed by atoms with Gasteiger partial charge in [0.25, 0.3) is 0 Å². The highest BCUT2D eigenvalue weighted by Crippen LogP contribution is 2.27. The Balaban J connectivity index is 2.32. The van der Waals surface area contributed by atoms with Crippen LogP contribution in [0.25, 0.3) is 22.1 Å². The maximum absolute atomic E-state index is 6.09. The molecule has 0 fully saturated rings. The van der Waals surface area contributed by atoms with Crippen molar-refractivity contribution in [2.75, 3.05) is 5.73 Å². The molecular weight excluding hydrogens is 278 g/mol. The van der Waals surface area contributed by atoms with Crippen molar-refractivity contribution in [2.45, 2.75) is 46.1 Å². The van der Waals surface area contributed by atoms with Gasteiger partial charge in [-0.15, -0.1) is 0 Å². The van der Waals surface area contributed by atoms with Crippen LogP contribution in [0.2, 0.25) is 0 Å². The predicted molar refractivity (Wildman–Crippen MR) is 87.6 cm³/mol. The number of aromatic nitrogens is 4. The minimum Gasteiger partial charge on any atom is -0.409 e. The first-order chi connectivity index (χ1) is 10.6. The summed E-state index contributed by atoms with van der Waals surface area (Å²) in [5, 5.41) is 0. The Morgan fingerprint density at radius 3 is 2.82 bits per heavy atom. The van der Waals surface area contributed by atoms with Crippen LogP contribution in [0.4, 0.5) is 5.82 Å². The molecule has 3 rings (SSSR count). The maximum atomic E-state index is 6.09. The SMILES string of the molecule is CCCCc1nc2c(N)nc3cccnc3c2n1OC(C)C. The summed E-state index contributed by atoms with van der Waals surface area (Å²) in [6.07, 6.45) is 4.76. The Hall–Kier alpha value is -2.37. The third-order valence-electron chi connectivity index (χ3n) is 3.47. The number of unbranched alkanes of at least 4 members (excludes halogenated alkanes) is 1. The minimum atomic E-state index is 0.0333. The lowest BCUT2D eigenvalue weighted by Crippen LogP contribution is -2.21. The van der Waals surface area contributed by atoms with Gasteiger partial charge in [-0.05, 0) is 32.4 Å². The normalized spacial score (nSPS) is 11.6. The molecule has 0 spiro atoms. The number of anilines is 1. The van der Waals surface area contributed by atoms with Crippen LogP contribution >= 0.6 is 0 Å². The van der Waals surface area contributed by atoms with Gasteiger partial charge >= 0.3 is 0 Å². The third-order valence-corrected chi connectivity index (χ3v) is 3.47. The second-order valence-corrected chi connectivity index (χ2v) is 5.65. The summed E-state index contributed by atoms with van der Waals surface area (Å²) in [6, 6.07) is 3.75. The van der Waals surface area contributed by atoms with Gasteiger partial charge in [0.2, 0.25) is 0 Å². The van der Waals surface area contributed by atoms with E-state index in [0.29, 0.717) is 11.3 Å². The standard InChI is InChI=1S/C16H21N5O/c1-4-5-8-12-20-14-15(21(12)22-10(2)3)13-11(19-16(14)17)7-6-9-18-13/h6-7,9-10H,4-5,8H2,1-3H3,(H2,17,19). The second-order valence-electron chi connectivity index (χ2n) is 5.65. The zero-order valence-corrected chi connectivity index (χ0v) is 13.2. The van der Waals surface area contributed by atoms with Gasteiger partial charge < -0.3 is 10.6 Å². The van der Waals surface area contributed by atoms with Gasteiger partial charge in [-0.2, -0.15) is 4.73 Å². The number of pyridine rings is 2. The lowest BCUT2D eigenvalue weighted by molar-refractivity contribution is 0.0620. The van der Waals surface area contributed by atoms with Crippen molar-refractivity contribution in [3.05, 3.63) is 24.2 Å². The van der Waals surface area contributed by atoms with E-state index in [0.717, 1.165) is 41.6 Å². The highest BCUT2D eigenvalue weighted by Gasteiger charge is 2.19. The number of fused-ring (bicyclic) bond motifs is 3. The smallest absolute Gasteiger partial charge is 0.152 e. The Morgan fingerprint density at radius 1 is 1.27 bits per heavy atom. The average molecular weight is 299 g/mol. The van der Waals surface area contributed by atoms with Gasteiger partial charge in [0, 0.05) is 12.6 Å². The average Bonchev–Trinajstić information content (AvgIpc) is 2.84. The lowest BCUT2D eigenvalue weighted by atomic mass is 10.2. The van der Waals surface area contributed by atoms with Gasteiger partial charge in [0.15, 0.2) is 5.82 Å². The molecule has 2 N–H and O–H groups in total. The van der Waals surface area contributed by atoms with Gasteiger partial charge in [0.05, 0.1) is 5.52 Å². The first-order valence-electron chi connectivity index (χ1n) is 7.70. The molecule has 0 saturated heterocycles. The van der Waals surface area contributed by atoms with Crippen molar-refractivity contribution < 1.29 is 4.84 Å². The maximum Gasteiger partial charge on any atom is 0.152 e. The fraction of sp³-hybridized carbons (Fsp3) is 0.438. The van der Waals surface area contributed by atoms with E-state index in [1.165, 1.54) is 0 Å². The summed E-state index contributed by atoms with van der Waals surface area (Å²) in [5.74, 6) is 1.29. The fourth-order valence-electron chi connectivity index (χ4n) is 2.51. The number of nitrogen functional groups attached to an aromatic ring is 1. The van der Waals surface area contributed by atoms with E-state index in [1.54, 1.807) is 10.9 Å². The van der Waals surface area contributed by atoms with Crippen LogP contribution in [-0.4, -0.2) is 25.8 Å². The van der Waals surface area contributed by atoms with Crippen LogP contribution in [0.15, 0.2) is 18.3 Å². The number of imidazole rings is 1. The molecule has 0 amide bonds. The topological polar surface area (TPSA) is 78.9 Å². The molecule has 116 valence electrons. The number of nitrogens with two attached hydrogens (primary N) is 1. The Bertz CT molecular complexity index is 809. The monoisotopic (exact) mass is 299 g/mol. The van der Waals surface area contributed by atoms with E-state index in [9.17, 15) is 0 Å². The first-order valence-corrected chi connectivity index (χ1v) is 7.70. The third kappa shape index (κ3) is 2.45. The van der Waals surface area contributed by atoms with Crippen molar-refractivity contribution in [3.63, 3.8) is 0 Å². The lowest BCUT2D eigenvalue weighted by Gasteiger charge is -2.14. The molecule has 0 aromatic carbocycles. The number of hydrogen-bond acceptors (Lipinski definition) is 5. The summed E-state index contributed by atoms with van der Waals surface area (Å²) in [6.45, 7) is 6.15. The van der Waals surface area contributed by atoms with Gasteiger partial charge in [0.1, 0.15) is 28.5 Å². The second kappa shape index (κ2) is 5.79. The fourth-order valence-corrected chi connectivity index (χ4v) is 2.51. The molecule has 6 heteroatoms. The van der Waals surface area contributed by atoms with Crippen molar-refractivity contribution in [3.8, 4) is 0 Å². The molecule has 0 bridgehead atoms. The van der Waals surface area contributed by atoms with E-state index < -0.39 is 0 Å². The largest absolute Gasteiger partial charge is 0.409 e. The highest BCUT2D eigenvalue weighted by atomic mass is 16.7. The van der Waals surface area contributed by atoms with E-state index in [4.69, 9.17) is 10.6 Å². The number of rotatable bonds is 5. The Morgan fingerprint density at radius 2 is 2.09 bits per heavy atom. The zero-order chi connectivity index (χ0) is 15.7.